The zero-order valence-corrected chi connectivity index (χ0v) is 8.81. The molecule has 0 aliphatic carbocycles. The fraction of sp³-hybridized carbons (Fsp3) is 0.700. The molecule has 0 radical (unpaired) electrons. The Bertz CT molecular complexity index is 373. The van der Waals surface area contributed by atoms with Gasteiger partial charge in [-0.05, 0) is 12.3 Å². The minimum atomic E-state index is -0.723. The SMILES string of the molecule is CCc1nc2n(n1)CC(CC(=O)O)CC2. The largest absolute Gasteiger partial charge is 0.481 e. The summed E-state index contributed by atoms with van der Waals surface area (Å²) >= 11 is 0. The molecule has 0 aromatic carbocycles. The number of carbonyl (C=O) groups is 1. The topological polar surface area (TPSA) is 68.0 Å². The van der Waals surface area contributed by atoms with Crippen LogP contribution in [0.15, 0.2) is 0 Å². The van der Waals surface area contributed by atoms with E-state index in [0.29, 0.717) is 6.54 Å². The number of aromatic nitrogens is 3. The Labute approximate surface area is 88.1 Å². The molecule has 0 saturated heterocycles. The zero-order chi connectivity index (χ0) is 10.8. The van der Waals surface area contributed by atoms with E-state index in [4.69, 9.17) is 5.11 Å². The van der Waals surface area contributed by atoms with Crippen molar-refractivity contribution >= 4 is 5.97 Å². The van der Waals surface area contributed by atoms with Crippen LogP contribution in [0.4, 0.5) is 0 Å². The number of carboxylic acids is 1. The minimum Gasteiger partial charge on any atom is -0.481 e. The van der Waals surface area contributed by atoms with Gasteiger partial charge in [-0.15, -0.1) is 0 Å². The molecular weight excluding hydrogens is 194 g/mol. The van der Waals surface area contributed by atoms with Crippen molar-refractivity contribution in [3.63, 3.8) is 0 Å². The molecule has 1 atom stereocenters. The normalized spacial score (nSPS) is 19.9. The molecule has 1 aromatic rings. The predicted molar refractivity (Wildman–Crippen MR) is 53.5 cm³/mol. The van der Waals surface area contributed by atoms with E-state index in [1.54, 1.807) is 0 Å². The first-order valence-corrected chi connectivity index (χ1v) is 5.33. The maximum atomic E-state index is 10.6. The van der Waals surface area contributed by atoms with Crippen molar-refractivity contribution in [3.05, 3.63) is 11.6 Å². The first-order valence-electron chi connectivity index (χ1n) is 5.33. The highest BCUT2D eigenvalue weighted by Crippen LogP contribution is 2.21. The molecule has 2 rings (SSSR count). The summed E-state index contributed by atoms with van der Waals surface area (Å²) in [6.07, 6.45) is 2.84. The molecular formula is C10H15N3O2. The Morgan fingerprint density at radius 2 is 2.47 bits per heavy atom. The second kappa shape index (κ2) is 4.00. The lowest BCUT2D eigenvalue weighted by atomic mass is 9.96. The van der Waals surface area contributed by atoms with Crippen LogP contribution < -0.4 is 0 Å². The molecule has 1 N–H and O–H groups in total. The van der Waals surface area contributed by atoms with Gasteiger partial charge in [-0.3, -0.25) is 4.79 Å². The molecule has 0 amide bonds. The van der Waals surface area contributed by atoms with E-state index in [0.717, 1.165) is 30.9 Å². The van der Waals surface area contributed by atoms with E-state index in [1.807, 2.05) is 11.6 Å². The summed E-state index contributed by atoms with van der Waals surface area (Å²) in [6, 6.07) is 0. The maximum absolute atomic E-state index is 10.6. The smallest absolute Gasteiger partial charge is 0.303 e. The molecule has 0 spiro atoms. The monoisotopic (exact) mass is 209 g/mol. The van der Waals surface area contributed by atoms with Crippen molar-refractivity contribution in [1.29, 1.82) is 0 Å². The Morgan fingerprint density at radius 1 is 1.67 bits per heavy atom. The van der Waals surface area contributed by atoms with E-state index in [2.05, 4.69) is 10.1 Å². The van der Waals surface area contributed by atoms with Crippen molar-refractivity contribution in [3.8, 4) is 0 Å². The van der Waals surface area contributed by atoms with E-state index < -0.39 is 5.97 Å². The predicted octanol–water partition coefficient (Wildman–Crippen LogP) is 0.878. The molecule has 1 unspecified atom stereocenters. The molecule has 5 nitrogen and oxygen atoms in total. The third kappa shape index (κ3) is 2.16. The Hall–Kier alpha value is -1.39. The first kappa shape index (κ1) is 10.1. The van der Waals surface area contributed by atoms with Gasteiger partial charge in [-0.2, -0.15) is 5.10 Å². The molecule has 15 heavy (non-hydrogen) atoms. The maximum Gasteiger partial charge on any atom is 0.303 e. The van der Waals surface area contributed by atoms with Crippen LogP contribution in [0.25, 0.3) is 0 Å². The lowest BCUT2D eigenvalue weighted by Crippen LogP contribution is -2.23. The zero-order valence-electron chi connectivity index (χ0n) is 8.81. The summed E-state index contributed by atoms with van der Waals surface area (Å²) < 4.78 is 1.87. The Kier molecular flexibility index (Phi) is 2.70. The van der Waals surface area contributed by atoms with Gasteiger partial charge in [0.1, 0.15) is 5.82 Å². The highest BCUT2D eigenvalue weighted by atomic mass is 16.4. The molecule has 0 saturated carbocycles. The van der Waals surface area contributed by atoms with Gasteiger partial charge in [0.15, 0.2) is 5.82 Å². The number of nitrogens with zero attached hydrogens (tertiary/aromatic N) is 3. The summed E-state index contributed by atoms with van der Waals surface area (Å²) in [5.41, 5.74) is 0. The fourth-order valence-electron chi connectivity index (χ4n) is 1.99. The van der Waals surface area contributed by atoms with Crippen LogP contribution in [0.1, 0.15) is 31.4 Å². The quantitative estimate of drug-likeness (QED) is 0.802. The van der Waals surface area contributed by atoms with Crippen LogP contribution >= 0.6 is 0 Å². The fourth-order valence-corrected chi connectivity index (χ4v) is 1.99. The van der Waals surface area contributed by atoms with E-state index in [1.165, 1.54) is 0 Å². The van der Waals surface area contributed by atoms with Gasteiger partial charge < -0.3 is 5.11 Å². The van der Waals surface area contributed by atoms with Crippen molar-refractivity contribution < 1.29 is 9.90 Å². The highest BCUT2D eigenvalue weighted by molar-refractivity contribution is 5.67. The van der Waals surface area contributed by atoms with Gasteiger partial charge in [0.25, 0.3) is 0 Å². The van der Waals surface area contributed by atoms with Crippen LogP contribution in [-0.2, 0) is 24.2 Å². The summed E-state index contributed by atoms with van der Waals surface area (Å²) in [4.78, 5) is 15.0. The number of hydrogen-bond donors (Lipinski definition) is 1. The van der Waals surface area contributed by atoms with Gasteiger partial charge in [0, 0.05) is 25.8 Å². The number of fused-ring (bicyclic) bond motifs is 1. The average Bonchev–Trinajstić information content (AvgIpc) is 2.58. The van der Waals surface area contributed by atoms with E-state index in [9.17, 15) is 4.79 Å². The molecule has 5 heteroatoms. The second-order valence-electron chi connectivity index (χ2n) is 3.98. The van der Waals surface area contributed by atoms with Crippen LogP contribution in [0.3, 0.4) is 0 Å². The molecule has 1 aliphatic heterocycles. The van der Waals surface area contributed by atoms with Crippen LogP contribution in [0.2, 0.25) is 0 Å². The number of hydrogen-bond acceptors (Lipinski definition) is 3. The van der Waals surface area contributed by atoms with Gasteiger partial charge in [0.05, 0.1) is 0 Å². The Balaban J connectivity index is 2.08. The molecule has 82 valence electrons. The van der Waals surface area contributed by atoms with E-state index >= 15 is 0 Å². The van der Waals surface area contributed by atoms with Crippen molar-refractivity contribution in [2.75, 3.05) is 0 Å². The third-order valence-corrected chi connectivity index (χ3v) is 2.78. The van der Waals surface area contributed by atoms with Crippen LogP contribution in [0, 0.1) is 5.92 Å². The number of aryl methyl sites for hydroxylation is 2. The summed E-state index contributed by atoms with van der Waals surface area (Å²) in [6.45, 7) is 2.73. The Morgan fingerprint density at radius 3 is 3.13 bits per heavy atom. The highest BCUT2D eigenvalue weighted by Gasteiger charge is 2.22. The second-order valence-corrected chi connectivity index (χ2v) is 3.98. The van der Waals surface area contributed by atoms with Crippen LogP contribution in [0.5, 0.6) is 0 Å². The average molecular weight is 209 g/mol. The van der Waals surface area contributed by atoms with Crippen molar-refractivity contribution in [2.45, 2.75) is 39.2 Å². The van der Waals surface area contributed by atoms with E-state index in [-0.39, 0.29) is 12.3 Å². The molecule has 0 bridgehead atoms. The van der Waals surface area contributed by atoms with Gasteiger partial charge in [-0.25, -0.2) is 9.67 Å². The molecule has 1 aromatic heterocycles. The summed E-state index contributed by atoms with van der Waals surface area (Å²) in [7, 11) is 0. The summed E-state index contributed by atoms with van der Waals surface area (Å²) in [5, 5.41) is 13.1. The summed E-state index contributed by atoms with van der Waals surface area (Å²) in [5.74, 6) is 1.36. The van der Waals surface area contributed by atoms with Crippen molar-refractivity contribution in [2.24, 2.45) is 5.92 Å². The molecule has 2 heterocycles. The number of carboxylic acid groups (broad SMARTS) is 1. The lowest BCUT2D eigenvalue weighted by molar-refractivity contribution is -0.138. The third-order valence-electron chi connectivity index (χ3n) is 2.78. The number of aliphatic carboxylic acids is 1. The van der Waals surface area contributed by atoms with Gasteiger partial charge >= 0.3 is 5.97 Å². The van der Waals surface area contributed by atoms with Crippen molar-refractivity contribution in [1.82, 2.24) is 14.8 Å². The lowest BCUT2D eigenvalue weighted by Gasteiger charge is -2.20. The van der Waals surface area contributed by atoms with Gasteiger partial charge in [-0.1, -0.05) is 6.92 Å². The van der Waals surface area contributed by atoms with Crippen LogP contribution in [-0.4, -0.2) is 25.8 Å². The first-order chi connectivity index (χ1) is 7.19. The molecule has 0 fully saturated rings. The van der Waals surface area contributed by atoms with Gasteiger partial charge in [0.2, 0.25) is 0 Å². The number of rotatable bonds is 3. The minimum absolute atomic E-state index is 0.210. The standard InChI is InChI=1S/C10H15N3O2/c1-2-8-11-9-4-3-7(5-10(14)15)6-13(9)12-8/h7H,2-6H2,1H3,(H,14,15). The molecule has 1 aliphatic rings.